The summed E-state index contributed by atoms with van der Waals surface area (Å²) in [5.74, 6) is -1.04. The quantitative estimate of drug-likeness (QED) is 0.778. The van der Waals surface area contributed by atoms with Crippen LogP contribution in [0.5, 0.6) is 5.75 Å². The lowest BCUT2D eigenvalue weighted by molar-refractivity contribution is -0.140. The number of ether oxygens (including phenoxy) is 1. The van der Waals surface area contributed by atoms with Crippen LogP contribution in [0, 0.1) is 0 Å². The fourth-order valence-electron chi connectivity index (χ4n) is 3.40. The number of rotatable bonds is 6. The van der Waals surface area contributed by atoms with Crippen molar-refractivity contribution in [3.05, 3.63) is 57.9 Å². The Balaban J connectivity index is 1.97. The number of hydrogen-bond acceptors (Lipinski definition) is 7. The fourth-order valence-corrected chi connectivity index (χ4v) is 3.40. The van der Waals surface area contributed by atoms with Gasteiger partial charge in [0.1, 0.15) is 5.76 Å². The molecule has 3 rings (SSSR count). The molecule has 7 nitrogen and oxygen atoms in total. The molecule has 1 N–H and O–H groups in total. The summed E-state index contributed by atoms with van der Waals surface area (Å²) in [7, 11) is 1.30. The fraction of sp³-hybridized carbons (Fsp3) is 0.450. The summed E-state index contributed by atoms with van der Waals surface area (Å²) in [5, 5.41) is 10.4. The van der Waals surface area contributed by atoms with Crippen LogP contribution in [0.2, 0.25) is 0 Å². The molecule has 0 unspecified atom stereocenters. The summed E-state index contributed by atoms with van der Waals surface area (Å²) in [6, 6.07) is 4.83. The number of esters is 1. The van der Waals surface area contributed by atoms with Crippen LogP contribution >= 0.6 is 0 Å². The van der Waals surface area contributed by atoms with E-state index in [1.165, 1.54) is 19.6 Å². The van der Waals surface area contributed by atoms with Crippen LogP contribution in [-0.2, 0) is 16.1 Å². The highest BCUT2D eigenvalue weighted by Gasteiger charge is 2.27. The van der Waals surface area contributed by atoms with Crippen LogP contribution in [0.4, 0.5) is 0 Å². The van der Waals surface area contributed by atoms with Crippen LogP contribution in [0.1, 0.15) is 48.7 Å². The highest BCUT2D eigenvalue weighted by atomic mass is 16.5. The van der Waals surface area contributed by atoms with Gasteiger partial charge in [-0.3, -0.25) is 19.5 Å². The Bertz CT molecular complexity index is 828. The van der Waals surface area contributed by atoms with Crippen molar-refractivity contribution < 1.29 is 19.1 Å². The zero-order chi connectivity index (χ0) is 19.2. The van der Waals surface area contributed by atoms with E-state index in [4.69, 9.17) is 9.15 Å². The van der Waals surface area contributed by atoms with Crippen molar-refractivity contribution in [2.45, 2.75) is 38.1 Å². The maximum atomic E-state index is 12.3. The number of piperidine rings is 1. The van der Waals surface area contributed by atoms with Gasteiger partial charge in [-0.15, -0.1) is 0 Å². The van der Waals surface area contributed by atoms with Crippen LogP contribution in [0.25, 0.3) is 0 Å². The van der Waals surface area contributed by atoms with Crippen molar-refractivity contribution in [1.82, 2.24) is 9.88 Å². The average Bonchev–Trinajstić information content (AvgIpc) is 2.70. The molecule has 3 heterocycles. The molecule has 0 aromatic carbocycles. The number of hydrogen-bond donors (Lipinski definition) is 1. The molecule has 7 heteroatoms. The summed E-state index contributed by atoms with van der Waals surface area (Å²) in [6.07, 6.45) is 6.59. The third-order valence-corrected chi connectivity index (χ3v) is 4.83. The number of methoxy groups -OCH3 is 1. The SMILES string of the molecule is COC(=O)C[C@H](c1cccnc1)c1oc(CN2CCCCC2)cc(=O)c1O. The summed E-state index contributed by atoms with van der Waals surface area (Å²) in [5.41, 5.74) is 0.151. The Labute approximate surface area is 157 Å². The standard InChI is InChI=1S/C20H24N2O5/c1-26-18(24)11-16(14-6-5-7-21-12-14)20-19(25)17(23)10-15(27-20)13-22-8-3-2-4-9-22/h5-7,10,12,16,25H,2-4,8-9,11,13H2,1H3/t16-/m1/s1. The van der Waals surface area contributed by atoms with E-state index in [1.54, 1.807) is 24.5 Å². The molecule has 144 valence electrons. The lowest BCUT2D eigenvalue weighted by atomic mass is 9.93. The Hall–Kier alpha value is -2.67. The van der Waals surface area contributed by atoms with Gasteiger partial charge in [0, 0.05) is 18.5 Å². The molecule has 0 bridgehead atoms. The van der Waals surface area contributed by atoms with Crippen molar-refractivity contribution in [3.63, 3.8) is 0 Å². The van der Waals surface area contributed by atoms with Gasteiger partial charge < -0.3 is 14.3 Å². The van der Waals surface area contributed by atoms with E-state index < -0.39 is 23.1 Å². The third kappa shape index (κ3) is 4.74. The van der Waals surface area contributed by atoms with Gasteiger partial charge >= 0.3 is 5.97 Å². The molecule has 1 aliphatic heterocycles. The molecule has 2 aromatic rings. The van der Waals surface area contributed by atoms with Crippen molar-refractivity contribution in [3.8, 4) is 5.75 Å². The molecular formula is C20H24N2O5. The predicted molar refractivity (Wildman–Crippen MR) is 98.5 cm³/mol. The lowest BCUT2D eigenvalue weighted by Crippen LogP contribution is -2.29. The van der Waals surface area contributed by atoms with E-state index in [0.717, 1.165) is 25.9 Å². The molecule has 1 atom stereocenters. The number of aromatic hydroxyl groups is 1. The zero-order valence-electron chi connectivity index (χ0n) is 15.4. The monoisotopic (exact) mass is 372 g/mol. The van der Waals surface area contributed by atoms with Crippen LogP contribution in [0.15, 0.2) is 39.8 Å². The van der Waals surface area contributed by atoms with Crippen LogP contribution in [-0.4, -0.2) is 41.2 Å². The minimum absolute atomic E-state index is 0.0636. The first-order valence-electron chi connectivity index (χ1n) is 9.13. The number of carbonyl (C=O) groups excluding carboxylic acids is 1. The molecule has 0 saturated carbocycles. The number of pyridine rings is 1. The highest BCUT2D eigenvalue weighted by molar-refractivity contribution is 5.71. The molecule has 0 radical (unpaired) electrons. The second kappa shape index (κ2) is 8.81. The van der Waals surface area contributed by atoms with Gasteiger partial charge in [0.15, 0.2) is 5.76 Å². The maximum Gasteiger partial charge on any atom is 0.306 e. The summed E-state index contributed by atoms with van der Waals surface area (Å²) >= 11 is 0. The maximum absolute atomic E-state index is 12.3. The van der Waals surface area contributed by atoms with E-state index >= 15 is 0 Å². The van der Waals surface area contributed by atoms with Gasteiger partial charge in [0.25, 0.3) is 0 Å². The average molecular weight is 372 g/mol. The first kappa shape index (κ1) is 19.1. The summed E-state index contributed by atoms with van der Waals surface area (Å²) in [4.78, 5) is 30.5. The second-order valence-electron chi connectivity index (χ2n) is 6.75. The Kier molecular flexibility index (Phi) is 6.24. The predicted octanol–water partition coefficient (Wildman–Crippen LogP) is 2.42. The smallest absolute Gasteiger partial charge is 0.306 e. The van der Waals surface area contributed by atoms with Crippen LogP contribution < -0.4 is 5.43 Å². The van der Waals surface area contributed by atoms with Gasteiger partial charge in [-0.2, -0.15) is 0 Å². The van der Waals surface area contributed by atoms with E-state index in [0.29, 0.717) is 17.9 Å². The van der Waals surface area contributed by atoms with Gasteiger partial charge in [0.2, 0.25) is 11.2 Å². The van der Waals surface area contributed by atoms with Crippen molar-refractivity contribution in [2.75, 3.05) is 20.2 Å². The van der Waals surface area contributed by atoms with E-state index in [2.05, 4.69) is 9.88 Å². The first-order valence-corrected chi connectivity index (χ1v) is 9.13. The minimum atomic E-state index is -0.653. The Morgan fingerprint density at radius 1 is 1.37 bits per heavy atom. The van der Waals surface area contributed by atoms with E-state index in [9.17, 15) is 14.7 Å². The largest absolute Gasteiger partial charge is 0.502 e. The normalized spacial score (nSPS) is 16.0. The van der Waals surface area contributed by atoms with Crippen molar-refractivity contribution in [2.24, 2.45) is 0 Å². The molecule has 1 saturated heterocycles. The zero-order valence-corrected chi connectivity index (χ0v) is 15.4. The molecule has 0 amide bonds. The number of nitrogens with zero attached hydrogens (tertiary/aromatic N) is 2. The van der Waals surface area contributed by atoms with E-state index in [-0.39, 0.29) is 12.2 Å². The summed E-state index contributed by atoms with van der Waals surface area (Å²) in [6.45, 7) is 2.41. The molecule has 27 heavy (non-hydrogen) atoms. The Morgan fingerprint density at radius 3 is 2.81 bits per heavy atom. The number of aromatic nitrogens is 1. The van der Waals surface area contributed by atoms with Gasteiger partial charge in [-0.1, -0.05) is 12.5 Å². The minimum Gasteiger partial charge on any atom is -0.502 e. The molecule has 2 aromatic heterocycles. The summed E-state index contributed by atoms with van der Waals surface area (Å²) < 4.78 is 10.7. The van der Waals surface area contributed by atoms with Crippen LogP contribution in [0.3, 0.4) is 0 Å². The van der Waals surface area contributed by atoms with Gasteiger partial charge in [-0.25, -0.2) is 0 Å². The van der Waals surface area contributed by atoms with E-state index in [1.807, 2.05) is 0 Å². The molecular weight excluding hydrogens is 348 g/mol. The van der Waals surface area contributed by atoms with Crippen molar-refractivity contribution in [1.29, 1.82) is 0 Å². The molecule has 0 aliphatic carbocycles. The second-order valence-corrected chi connectivity index (χ2v) is 6.75. The highest BCUT2D eigenvalue weighted by Crippen LogP contribution is 2.33. The lowest BCUT2D eigenvalue weighted by Gasteiger charge is -2.26. The molecule has 1 fully saturated rings. The Morgan fingerprint density at radius 2 is 2.15 bits per heavy atom. The number of likely N-dealkylation sites (tertiary alicyclic amines) is 1. The topological polar surface area (TPSA) is 92.9 Å². The van der Waals surface area contributed by atoms with Gasteiger partial charge in [-0.05, 0) is 37.6 Å². The number of carbonyl (C=O) groups is 1. The van der Waals surface area contributed by atoms with Crippen molar-refractivity contribution >= 4 is 5.97 Å². The third-order valence-electron chi connectivity index (χ3n) is 4.83. The molecule has 1 aliphatic rings. The van der Waals surface area contributed by atoms with Gasteiger partial charge in [0.05, 0.1) is 26.0 Å². The molecule has 0 spiro atoms. The first-order chi connectivity index (χ1) is 13.1.